The molecule has 116 valence electrons. The molecule has 1 N–H and O–H groups in total. The number of fused-ring (bicyclic) bond motifs is 1. The molecule has 1 heterocycles. The number of carbonyl (C=O) groups excluding carboxylic acids is 1. The van der Waals surface area contributed by atoms with Gasteiger partial charge < -0.3 is 0 Å². The summed E-state index contributed by atoms with van der Waals surface area (Å²) in [7, 11) is 0. The van der Waals surface area contributed by atoms with Gasteiger partial charge in [-0.25, -0.2) is 4.98 Å². The molecular formula is C18H15ClN2OS. The third-order valence-corrected chi connectivity index (χ3v) is 4.83. The molecule has 0 saturated carbocycles. The predicted molar refractivity (Wildman–Crippen MR) is 98.2 cm³/mol. The molecule has 0 spiro atoms. The molecule has 2 aromatic carbocycles. The summed E-state index contributed by atoms with van der Waals surface area (Å²) in [5, 5.41) is 4.01. The SMILES string of the molecule is Cc1cc2nc(NC(=O)/C=C/c3ccccc3Cl)sc2cc1C. The predicted octanol–water partition coefficient (Wildman–Crippen LogP) is 5.22. The number of thiazole rings is 1. The summed E-state index contributed by atoms with van der Waals surface area (Å²) in [6.45, 7) is 4.12. The van der Waals surface area contributed by atoms with E-state index in [1.54, 1.807) is 12.1 Å². The van der Waals surface area contributed by atoms with Gasteiger partial charge in [0.1, 0.15) is 0 Å². The minimum absolute atomic E-state index is 0.225. The number of hydrogen-bond acceptors (Lipinski definition) is 3. The van der Waals surface area contributed by atoms with Gasteiger partial charge in [-0.1, -0.05) is 41.1 Å². The zero-order chi connectivity index (χ0) is 16.4. The Bertz CT molecular complexity index is 876. The lowest BCUT2D eigenvalue weighted by molar-refractivity contribution is -0.111. The lowest BCUT2D eigenvalue weighted by Crippen LogP contribution is -2.07. The molecule has 23 heavy (non-hydrogen) atoms. The normalized spacial score (nSPS) is 11.3. The third kappa shape index (κ3) is 3.60. The summed E-state index contributed by atoms with van der Waals surface area (Å²) in [6, 6.07) is 11.5. The van der Waals surface area contributed by atoms with E-state index in [1.807, 2.05) is 24.3 Å². The molecular weight excluding hydrogens is 328 g/mol. The van der Waals surface area contributed by atoms with Crippen molar-refractivity contribution in [3.63, 3.8) is 0 Å². The number of rotatable bonds is 3. The van der Waals surface area contributed by atoms with Gasteiger partial charge in [0, 0.05) is 11.1 Å². The number of nitrogens with zero attached hydrogens (tertiary/aromatic N) is 1. The van der Waals surface area contributed by atoms with E-state index in [-0.39, 0.29) is 5.91 Å². The zero-order valence-electron chi connectivity index (χ0n) is 12.8. The number of amides is 1. The number of halogens is 1. The second-order valence-electron chi connectivity index (χ2n) is 5.27. The molecule has 1 aromatic heterocycles. The van der Waals surface area contributed by atoms with Crippen LogP contribution < -0.4 is 5.32 Å². The van der Waals surface area contributed by atoms with Crippen LogP contribution in [-0.2, 0) is 4.79 Å². The van der Waals surface area contributed by atoms with Crippen LogP contribution in [0.4, 0.5) is 5.13 Å². The molecule has 0 unspecified atom stereocenters. The second-order valence-corrected chi connectivity index (χ2v) is 6.71. The van der Waals surface area contributed by atoms with Crippen LogP contribution in [0.15, 0.2) is 42.5 Å². The Morgan fingerprint density at radius 1 is 1.22 bits per heavy atom. The topological polar surface area (TPSA) is 42.0 Å². The Morgan fingerprint density at radius 2 is 1.96 bits per heavy atom. The first-order valence-corrected chi connectivity index (χ1v) is 8.34. The summed E-state index contributed by atoms with van der Waals surface area (Å²) in [6.07, 6.45) is 3.16. The Kier molecular flexibility index (Phi) is 4.46. The van der Waals surface area contributed by atoms with Crippen LogP contribution in [0.3, 0.4) is 0 Å². The first-order valence-electron chi connectivity index (χ1n) is 7.14. The molecule has 0 bridgehead atoms. The molecule has 0 atom stereocenters. The fourth-order valence-electron chi connectivity index (χ4n) is 2.16. The Hall–Kier alpha value is -2.17. The molecule has 0 aliphatic carbocycles. The Morgan fingerprint density at radius 3 is 2.74 bits per heavy atom. The van der Waals surface area contributed by atoms with Gasteiger partial charge in [-0.15, -0.1) is 0 Å². The minimum Gasteiger partial charge on any atom is -0.298 e. The van der Waals surface area contributed by atoms with E-state index in [4.69, 9.17) is 11.6 Å². The summed E-state index contributed by atoms with van der Waals surface area (Å²) >= 11 is 7.53. The third-order valence-electron chi connectivity index (χ3n) is 3.55. The van der Waals surface area contributed by atoms with E-state index in [9.17, 15) is 4.79 Å². The molecule has 3 nitrogen and oxygen atoms in total. The van der Waals surface area contributed by atoms with Crippen LogP contribution in [0.2, 0.25) is 5.02 Å². The van der Waals surface area contributed by atoms with E-state index < -0.39 is 0 Å². The van der Waals surface area contributed by atoms with Crippen molar-refractivity contribution in [3.05, 3.63) is 64.2 Å². The number of anilines is 1. The highest BCUT2D eigenvalue weighted by molar-refractivity contribution is 7.22. The van der Waals surface area contributed by atoms with Crippen molar-refractivity contribution in [2.75, 3.05) is 5.32 Å². The van der Waals surface area contributed by atoms with E-state index in [1.165, 1.54) is 28.5 Å². The van der Waals surface area contributed by atoms with Gasteiger partial charge >= 0.3 is 0 Å². The zero-order valence-corrected chi connectivity index (χ0v) is 14.3. The largest absolute Gasteiger partial charge is 0.298 e. The van der Waals surface area contributed by atoms with Crippen molar-refractivity contribution in [1.82, 2.24) is 4.98 Å². The molecule has 0 aliphatic rings. The lowest BCUT2D eigenvalue weighted by atomic mass is 10.1. The number of aryl methyl sites for hydroxylation is 2. The molecule has 0 radical (unpaired) electrons. The van der Waals surface area contributed by atoms with Crippen molar-refractivity contribution >= 4 is 50.3 Å². The van der Waals surface area contributed by atoms with Crippen LogP contribution >= 0.6 is 22.9 Å². The fourth-order valence-corrected chi connectivity index (χ4v) is 3.30. The number of hydrogen-bond donors (Lipinski definition) is 1. The quantitative estimate of drug-likeness (QED) is 0.663. The van der Waals surface area contributed by atoms with E-state index in [0.717, 1.165) is 15.8 Å². The Labute approximate surface area is 143 Å². The number of carbonyl (C=O) groups is 1. The van der Waals surface area contributed by atoms with Crippen LogP contribution in [0.25, 0.3) is 16.3 Å². The minimum atomic E-state index is -0.225. The average molecular weight is 343 g/mol. The highest BCUT2D eigenvalue weighted by Crippen LogP contribution is 2.28. The highest BCUT2D eigenvalue weighted by Gasteiger charge is 2.07. The lowest BCUT2D eigenvalue weighted by Gasteiger charge is -1.97. The first-order chi connectivity index (χ1) is 11.0. The van der Waals surface area contributed by atoms with Crippen LogP contribution in [-0.4, -0.2) is 10.9 Å². The smallest absolute Gasteiger partial charge is 0.250 e. The maximum absolute atomic E-state index is 12.0. The molecule has 5 heteroatoms. The summed E-state index contributed by atoms with van der Waals surface area (Å²) < 4.78 is 1.07. The van der Waals surface area contributed by atoms with Crippen molar-refractivity contribution < 1.29 is 4.79 Å². The van der Waals surface area contributed by atoms with Crippen molar-refractivity contribution in [2.45, 2.75) is 13.8 Å². The molecule has 0 fully saturated rings. The molecule has 3 aromatic rings. The molecule has 0 aliphatic heterocycles. The second kappa shape index (κ2) is 6.52. The van der Waals surface area contributed by atoms with Gasteiger partial charge in [-0.05, 0) is 54.8 Å². The van der Waals surface area contributed by atoms with E-state index in [2.05, 4.69) is 30.2 Å². The maximum Gasteiger partial charge on any atom is 0.250 e. The van der Waals surface area contributed by atoms with Crippen LogP contribution in [0, 0.1) is 13.8 Å². The number of benzene rings is 2. The first kappa shape index (κ1) is 15.7. The molecule has 3 rings (SSSR count). The fraction of sp³-hybridized carbons (Fsp3) is 0.111. The molecule has 0 saturated heterocycles. The van der Waals surface area contributed by atoms with Crippen LogP contribution in [0.1, 0.15) is 16.7 Å². The van der Waals surface area contributed by atoms with Gasteiger partial charge in [0.2, 0.25) is 5.91 Å². The highest BCUT2D eigenvalue weighted by atomic mass is 35.5. The number of aromatic nitrogens is 1. The maximum atomic E-state index is 12.0. The van der Waals surface area contributed by atoms with Crippen LogP contribution in [0.5, 0.6) is 0 Å². The monoisotopic (exact) mass is 342 g/mol. The summed E-state index contributed by atoms with van der Waals surface area (Å²) in [4.78, 5) is 16.5. The van der Waals surface area contributed by atoms with Gasteiger partial charge in [-0.2, -0.15) is 0 Å². The van der Waals surface area contributed by atoms with Gasteiger partial charge in [0.15, 0.2) is 5.13 Å². The number of nitrogens with one attached hydrogen (secondary N) is 1. The van der Waals surface area contributed by atoms with Crippen molar-refractivity contribution in [2.24, 2.45) is 0 Å². The van der Waals surface area contributed by atoms with E-state index >= 15 is 0 Å². The van der Waals surface area contributed by atoms with E-state index in [0.29, 0.717) is 10.2 Å². The van der Waals surface area contributed by atoms with Crippen molar-refractivity contribution in [1.29, 1.82) is 0 Å². The standard InChI is InChI=1S/C18H15ClN2OS/c1-11-9-15-16(10-12(11)2)23-18(20-15)21-17(22)8-7-13-5-3-4-6-14(13)19/h3-10H,1-2H3,(H,20,21,22)/b8-7+. The van der Waals surface area contributed by atoms with Gasteiger partial charge in [0.05, 0.1) is 10.2 Å². The summed E-state index contributed by atoms with van der Waals surface area (Å²) in [5.41, 5.74) is 4.13. The average Bonchev–Trinajstić information content (AvgIpc) is 2.88. The van der Waals surface area contributed by atoms with Gasteiger partial charge in [0.25, 0.3) is 0 Å². The molecule has 1 amide bonds. The summed E-state index contributed by atoms with van der Waals surface area (Å²) in [5.74, 6) is -0.225. The van der Waals surface area contributed by atoms with Gasteiger partial charge in [-0.3, -0.25) is 10.1 Å². The van der Waals surface area contributed by atoms with Crippen molar-refractivity contribution in [3.8, 4) is 0 Å². The Balaban J connectivity index is 1.76.